The normalized spacial score (nSPS) is 25.7. The summed E-state index contributed by atoms with van der Waals surface area (Å²) in [5.74, 6) is -0.759. The highest BCUT2D eigenvalue weighted by molar-refractivity contribution is 7.12. The number of fused-ring (bicyclic) bond motifs is 2. The molecule has 166 valence electrons. The molecule has 0 aliphatic heterocycles. The summed E-state index contributed by atoms with van der Waals surface area (Å²) >= 11 is 1.45. The van der Waals surface area contributed by atoms with Crippen LogP contribution < -0.4 is 27.6 Å². The van der Waals surface area contributed by atoms with Crippen molar-refractivity contribution in [3.8, 4) is 0 Å². The van der Waals surface area contributed by atoms with Gasteiger partial charge in [-0.3, -0.25) is 14.3 Å². The summed E-state index contributed by atoms with van der Waals surface area (Å²) in [5.41, 5.74) is 5.09. The van der Waals surface area contributed by atoms with Crippen molar-refractivity contribution in [3.63, 3.8) is 0 Å². The van der Waals surface area contributed by atoms with Gasteiger partial charge in [-0.1, -0.05) is 0 Å². The fraction of sp³-hybridized carbons (Fsp3) is 0.545. The summed E-state index contributed by atoms with van der Waals surface area (Å²) < 4.78 is 45.3. The second-order valence-corrected chi connectivity index (χ2v) is 9.92. The Kier molecular flexibility index (Phi) is 5.01. The molecule has 3 atom stereocenters. The van der Waals surface area contributed by atoms with E-state index in [1.807, 2.05) is 6.07 Å². The molecule has 0 bridgehead atoms. The zero-order valence-electron chi connectivity index (χ0n) is 17.1. The molecule has 5 rings (SSSR count). The summed E-state index contributed by atoms with van der Waals surface area (Å²) in [7, 11) is 0. The zero-order valence-corrected chi connectivity index (χ0v) is 17.9. The van der Waals surface area contributed by atoms with E-state index in [2.05, 4.69) is 4.98 Å². The fourth-order valence-corrected chi connectivity index (χ4v) is 6.71. The number of thiophene rings is 1. The predicted octanol–water partition coefficient (Wildman–Crippen LogP) is 2.03. The van der Waals surface area contributed by atoms with Gasteiger partial charge in [-0.05, 0) is 68.7 Å². The van der Waals surface area contributed by atoms with E-state index in [1.165, 1.54) is 15.9 Å². The van der Waals surface area contributed by atoms with Crippen LogP contribution in [-0.2, 0) is 6.42 Å². The van der Waals surface area contributed by atoms with Gasteiger partial charge in [0.2, 0.25) is 0 Å². The SMILES string of the molecule is CC1=c2c(c(=O)[nH]c(=O)n2C2CC2)=C(C(F)F)C(F)C1c1cc2c(s1)CCCC2CN. The average Bonchev–Trinajstić information content (AvgIpc) is 3.46. The number of halogens is 3. The number of aromatic nitrogens is 2. The van der Waals surface area contributed by atoms with E-state index >= 15 is 4.39 Å². The second-order valence-electron chi connectivity index (χ2n) is 8.75. The van der Waals surface area contributed by atoms with Gasteiger partial charge in [0.15, 0.2) is 0 Å². The number of alkyl halides is 3. The van der Waals surface area contributed by atoms with Crippen molar-refractivity contribution >= 4 is 22.5 Å². The Bertz CT molecular complexity index is 1290. The first-order valence-electron chi connectivity index (χ1n) is 10.7. The fourth-order valence-electron chi connectivity index (χ4n) is 5.22. The van der Waals surface area contributed by atoms with E-state index in [1.54, 1.807) is 6.92 Å². The van der Waals surface area contributed by atoms with Crippen LogP contribution in [-0.4, -0.2) is 28.7 Å². The molecule has 9 heteroatoms. The van der Waals surface area contributed by atoms with Crippen LogP contribution in [0.1, 0.15) is 65.8 Å². The Hall–Kier alpha value is -2.13. The third-order valence-corrected chi connectivity index (χ3v) is 8.15. The van der Waals surface area contributed by atoms with E-state index in [4.69, 9.17) is 5.73 Å². The van der Waals surface area contributed by atoms with Crippen LogP contribution in [0.15, 0.2) is 15.7 Å². The molecule has 0 aromatic carbocycles. The molecule has 3 aliphatic rings. The molecule has 3 aliphatic carbocycles. The second kappa shape index (κ2) is 7.48. The molecule has 5 nitrogen and oxygen atoms in total. The van der Waals surface area contributed by atoms with E-state index in [9.17, 15) is 18.4 Å². The van der Waals surface area contributed by atoms with Crippen LogP contribution in [0.5, 0.6) is 0 Å². The van der Waals surface area contributed by atoms with Crippen LogP contribution in [0.2, 0.25) is 0 Å². The summed E-state index contributed by atoms with van der Waals surface area (Å²) in [6, 6.07) is 1.76. The molecule has 31 heavy (non-hydrogen) atoms. The monoisotopic (exact) mass is 451 g/mol. The molecule has 2 aromatic rings. The largest absolute Gasteiger partial charge is 0.330 e. The number of nitrogens with two attached hydrogens (primary N) is 1. The highest BCUT2D eigenvalue weighted by Crippen LogP contribution is 2.45. The Morgan fingerprint density at radius 3 is 2.68 bits per heavy atom. The van der Waals surface area contributed by atoms with Gasteiger partial charge in [-0.15, -0.1) is 11.3 Å². The number of nitrogens with zero attached hydrogens (tertiary/aromatic N) is 1. The maximum Gasteiger partial charge on any atom is 0.329 e. The molecule has 0 amide bonds. The van der Waals surface area contributed by atoms with Crippen molar-refractivity contribution in [1.82, 2.24) is 9.55 Å². The van der Waals surface area contributed by atoms with Gasteiger partial charge in [0.1, 0.15) is 6.17 Å². The molecular weight excluding hydrogens is 427 g/mol. The molecule has 1 fully saturated rings. The summed E-state index contributed by atoms with van der Waals surface area (Å²) in [5, 5.41) is -0.198. The van der Waals surface area contributed by atoms with Crippen LogP contribution in [0.3, 0.4) is 0 Å². The third kappa shape index (κ3) is 3.16. The standard InChI is InChI=1S/C22H24F3N3O2S/c1-9-15(14-7-12-10(8-26)3-2-4-13(12)31-14)18(23)16(20(24)25)17-19(9)28(11-5-6-11)22(30)27-21(17)29/h7,10-11,15,18,20H,2-6,8,26H2,1H3,(H,27,29,30). The van der Waals surface area contributed by atoms with E-state index < -0.39 is 35.3 Å². The zero-order chi connectivity index (χ0) is 22.0. The highest BCUT2D eigenvalue weighted by Gasteiger charge is 2.40. The quantitative estimate of drug-likeness (QED) is 0.747. The van der Waals surface area contributed by atoms with Gasteiger partial charge < -0.3 is 5.73 Å². The van der Waals surface area contributed by atoms with Crippen LogP contribution in [0.25, 0.3) is 11.1 Å². The molecule has 0 saturated heterocycles. The average molecular weight is 452 g/mol. The Morgan fingerprint density at radius 2 is 2.03 bits per heavy atom. The van der Waals surface area contributed by atoms with Gasteiger partial charge in [-0.2, -0.15) is 0 Å². The Labute approximate surface area is 180 Å². The summed E-state index contributed by atoms with van der Waals surface area (Å²) in [6.07, 6.45) is -0.893. The number of hydrogen-bond acceptors (Lipinski definition) is 4. The van der Waals surface area contributed by atoms with Crippen molar-refractivity contribution in [3.05, 3.63) is 52.8 Å². The number of aryl methyl sites for hydroxylation is 1. The molecule has 0 radical (unpaired) electrons. The lowest BCUT2D eigenvalue weighted by molar-refractivity contribution is 0.191. The first-order valence-corrected chi connectivity index (χ1v) is 11.5. The van der Waals surface area contributed by atoms with E-state index in [0.29, 0.717) is 17.0 Å². The van der Waals surface area contributed by atoms with Gasteiger partial charge in [0.05, 0.1) is 16.5 Å². The maximum atomic E-state index is 15.8. The van der Waals surface area contributed by atoms with Crippen LogP contribution >= 0.6 is 11.3 Å². The van der Waals surface area contributed by atoms with E-state index in [-0.39, 0.29) is 22.5 Å². The Balaban J connectivity index is 1.82. The van der Waals surface area contributed by atoms with Gasteiger partial charge in [0, 0.05) is 21.4 Å². The molecule has 2 heterocycles. The molecule has 3 unspecified atom stereocenters. The minimum Gasteiger partial charge on any atom is -0.330 e. The lowest BCUT2D eigenvalue weighted by Gasteiger charge is -2.28. The van der Waals surface area contributed by atoms with Crippen molar-refractivity contribution in [2.75, 3.05) is 6.54 Å². The van der Waals surface area contributed by atoms with Crippen molar-refractivity contribution in [2.45, 2.75) is 69.5 Å². The first-order chi connectivity index (χ1) is 14.8. The van der Waals surface area contributed by atoms with Crippen LogP contribution in [0.4, 0.5) is 13.2 Å². The number of rotatable bonds is 4. The molecule has 3 N–H and O–H groups in total. The molecule has 0 spiro atoms. The lowest BCUT2D eigenvalue weighted by Crippen LogP contribution is -2.59. The molecule has 2 aromatic heterocycles. The molecular formula is C22H24F3N3O2S. The predicted molar refractivity (Wildman–Crippen MR) is 114 cm³/mol. The minimum atomic E-state index is -3.14. The van der Waals surface area contributed by atoms with Gasteiger partial charge >= 0.3 is 5.69 Å². The minimum absolute atomic E-state index is 0.151. The number of nitrogens with one attached hydrogen (secondary N) is 1. The number of hydrogen-bond donors (Lipinski definition) is 2. The van der Waals surface area contributed by atoms with Crippen LogP contribution in [0, 0.1) is 0 Å². The third-order valence-electron chi connectivity index (χ3n) is 6.86. The van der Waals surface area contributed by atoms with Crippen molar-refractivity contribution in [1.29, 1.82) is 0 Å². The number of H-pyrrole nitrogens is 1. The first kappa shape index (κ1) is 20.8. The Morgan fingerprint density at radius 1 is 1.29 bits per heavy atom. The summed E-state index contributed by atoms with van der Waals surface area (Å²) in [6.45, 7) is 2.15. The maximum absolute atomic E-state index is 15.8. The highest BCUT2D eigenvalue weighted by atomic mass is 32.1. The molecule has 1 saturated carbocycles. The van der Waals surface area contributed by atoms with Gasteiger partial charge in [-0.25, -0.2) is 18.0 Å². The van der Waals surface area contributed by atoms with Crippen molar-refractivity contribution < 1.29 is 13.2 Å². The smallest absolute Gasteiger partial charge is 0.329 e. The summed E-state index contributed by atoms with van der Waals surface area (Å²) in [4.78, 5) is 29.1. The van der Waals surface area contributed by atoms with Gasteiger partial charge in [0.25, 0.3) is 12.0 Å². The van der Waals surface area contributed by atoms with Crippen molar-refractivity contribution in [2.24, 2.45) is 5.73 Å². The lowest BCUT2D eigenvalue weighted by atomic mass is 9.82. The van der Waals surface area contributed by atoms with E-state index in [0.717, 1.165) is 42.5 Å². The number of aromatic amines is 1. The topological polar surface area (TPSA) is 80.9 Å².